The maximum Gasteiger partial charge on any atom is 0.267 e. The first kappa shape index (κ1) is 11.1. The van der Waals surface area contributed by atoms with Crippen molar-refractivity contribution in [3.63, 3.8) is 0 Å². The molecule has 0 aliphatic carbocycles. The quantitative estimate of drug-likeness (QED) is 0.841. The lowest BCUT2D eigenvalue weighted by Gasteiger charge is -2.19. The largest absolute Gasteiger partial charge is 0.497 e. The molecule has 0 spiro atoms. The van der Waals surface area contributed by atoms with E-state index in [1.807, 2.05) is 24.3 Å². The summed E-state index contributed by atoms with van der Waals surface area (Å²) in [5.74, 6) is 0.586. The maximum absolute atomic E-state index is 11.8. The van der Waals surface area contributed by atoms with Gasteiger partial charge in [-0.15, -0.1) is 0 Å². The van der Waals surface area contributed by atoms with E-state index in [2.05, 4.69) is 26.5 Å². The van der Waals surface area contributed by atoms with Crippen molar-refractivity contribution in [3.8, 4) is 5.75 Å². The highest BCUT2D eigenvalue weighted by Crippen LogP contribution is 2.36. The number of hydrogen-bond donors (Lipinski definition) is 1. The van der Waals surface area contributed by atoms with E-state index in [1.54, 1.807) is 14.0 Å². The first-order valence-corrected chi connectivity index (χ1v) is 5.57. The lowest BCUT2D eigenvalue weighted by atomic mass is 9.95. The number of alkyl halides is 1. The molecule has 0 fully saturated rings. The normalized spacial score (nSPS) is 23.9. The minimum atomic E-state index is -0.848. The summed E-state index contributed by atoms with van der Waals surface area (Å²) >= 11 is 3.45. The van der Waals surface area contributed by atoms with Crippen LogP contribution in [0.2, 0.25) is 0 Å². The van der Waals surface area contributed by atoms with Crippen LogP contribution in [0.15, 0.2) is 29.4 Å². The van der Waals surface area contributed by atoms with Crippen molar-refractivity contribution in [3.05, 3.63) is 29.8 Å². The smallest absolute Gasteiger partial charge is 0.267 e. The summed E-state index contributed by atoms with van der Waals surface area (Å²) in [6.07, 6.45) is 0. The van der Waals surface area contributed by atoms with Crippen molar-refractivity contribution in [1.29, 1.82) is 0 Å². The number of rotatable bonds is 2. The minimum Gasteiger partial charge on any atom is -0.497 e. The first-order chi connectivity index (χ1) is 7.59. The molecule has 5 heteroatoms. The van der Waals surface area contributed by atoms with Crippen LogP contribution in [0.1, 0.15) is 12.5 Å². The van der Waals surface area contributed by atoms with Crippen LogP contribution < -0.4 is 10.2 Å². The van der Waals surface area contributed by atoms with Gasteiger partial charge in [0.05, 0.1) is 12.8 Å². The lowest BCUT2D eigenvalue weighted by Crippen LogP contribution is -2.35. The molecule has 1 heterocycles. The number of halogens is 1. The third kappa shape index (κ3) is 1.51. The predicted octanol–water partition coefficient (Wildman–Crippen LogP) is 1.79. The van der Waals surface area contributed by atoms with Gasteiger partial charge in [-0.2, -0.15) is 5.10 Å². The fourth-order valence-corrected chi connectivity index (χ4v) is 2.06. The van der Waals surface area contributed by atoms with E-state index in [-0.39, 0.29) is 5.91 Å². The van der Waals surface area contributed by atoms with E-state index >= 15 is 0 Å². The highest BCUT2D eigenvalue weighted by Gasteiger charge is 2.44. The Kier molecular flexibility index (Phi) is 2.71. The van der Waals surface area contributed by atoms with E-state index in [4.69, 9.17) is 4.74 Å². The molecule has 2 rings (SSSR count). The van der Waals surface area contributed by atoms with Crippen LogP contribution >= 0.6 is 15.9 Å². The van der Waals surface area contributed by atoms with E-state index < -0.39 is 4.32 Å². The first-order valence-electron chi connectivity index (χ1n) is 4.77. The van der Waals surface area contributed by atoms with E-state index in [0.717, 1.165) is 11.3 Å². The molecule has 0 radical (unpaired) electrons. The number of benzene rings is 1. The van der Waals surface area contributed by atoms with Gasteiger partial charge in [-0.05, 0) is 24.6 Å². The van der Waals surface area contributed by atoms with E-state index in [1.165, 1.54) is 0 Å². The highest BCUT2D eigenvalue weighted by atomic mass is 79.9. The molecule has 0 aromatic heterocycles. The van der Waals surface area contributed by atoms with Crippen molar-refractivity contribution >= 4 is 27.5 Å². The monoisotopic (exact) mass is 282 g/mol. The van der Waals surface area contributed by atoms with Crippen LogP contribution in [0.25, 0.3) is 0 Å². The average molecular weight is 283 g/mol. The fourth-order valence-electron chi connectivity index (χ4n) is 1.61. The summed E-state index contributed by atoms with van der Waals surface area (Å²) < 4.78 is 4.22. The third-order valence-corrected chi connectivity index (χ3v) is 4.02. The Morgan fingerprint density at radius 2 is 2.00 bits per heavy atom. The third-order valence-electron chi connectivity index (χ3n) is 2.62. The molecule has 1 aromatic rings. The summed E-state index contributed by atoms with van der Waals surface area (Å²) in [5.41, 5.74) is 3.99. The fraction of sp³-hybridized carbons (Fsp3) is 0.273. The van der Waals surface area contributed by atoms with Gasteiger partial charge in [0.15, 0.2) is 4.32 Å². The molecule has 16 heavy (non-hydrogen) atoms. The topological polar surface area (TPSA) is 50.7 Å². The van der Waals surface area contributed by atoms with Gasteiger partial charge in [0.25, 0.3) is 5.91 Å². The second-order valence-electron chi connectivity index (χ2n) is 3.53. The lowest BCUT2D eigenvalue weighted by molar-refractivity contribution is -0.121. The summed E-state index contributed by atoms with van der Waals surface area (Å²) in [5, 5.41) is 3.93. The van der Waals surface area contributed by atoms with Gasteiger partial charge in [-0.1, -0.05) is 28.1 Å². The zero-order chi connectivity index (χ0) is 11.8. The van der Waals surface area contributed by atoms with E-state index in [9.17, 15) is 4.79 Å². The number of amides is 1. The van der Waals surface area contributed by atoms with Crippen molar-refractivity contribution in [1.82, 2.24) is 5.43 Å². The molecular weight excluding hydrogens is 272 g/mol. The zero-order valence-electron chi connectivity index (χ0n) is 8.95. The molecular formula is C11H11BrN2O2. The van der Waals surface area contributed by atoms with Crippen molar-refractivity contribution < 1.29 is 9.53 Å². The van der Waals surface area contributed by atoms with Crippen molar-refractivity contribution in [2.45, 2.75) is 11.2 Å². The Balaban J connectivity index is 2.43. The van der Waals surface area contributed by atoms with Gasteiger partial charge in [0.1, 0.15) is 5.75 Å². The predicted molar refractivity (Wildman–Crippen MR) is 64.9 cm³/mol. The van der Waals surface area contributed by atoms with Gasteiger partial charge in [0.2, 0.25) is 0 Å². The molecule has 0 saturated carbocycles. The number of methoxy groups -OCH3 is 1. The molecule has 1 aliphatic heterocycles. The summed E-state index contributed by atoms with van der Waals surface area (Å²) in [7, 11) is 1.61. The van der Waals surface area contributed by atoms with Gasteiger partial charge >= 0.3 is 0 Å². The van der Waals surface area contributed by atoms with Crippen LogP contribution in [0.4, 0.5) is 0 Å². The molecule has 84 valence electrons. The standard InChI is InChI=1S/C11H11BrN2O2/c1-7-11(12,10(15)14-13-7)8-3-5-9(16-2)6-4-8/h3-6H,1-2H3,(H,14,15)/t11-/m0/s1. The molecule has 1 aromatic carbocycles. The Labute approximate surface area is 102 Å². The number of hydrazone groups is 1. The molecule has 0 saturated heterocycles. The number of ether oxygens (including phenoxy) is 1. The number of carbonyl (C=O) groups excluding carboxylic acids is 1. The van der Waals surface area contributed by atoms with Crippen molar-refractivity contribution in [2.75, 3.05) is 7.11 Å². The molecule has 0 unspecified atom stereocenters. The highest BCUT2D eigenvalue weighted by molar-refractivity contribution is 9.10. The second-order valence-corrected chi connectivity index (χ2v) is 4.71. The van der Waals surface area contributed by atoms with Crippen LogP contribution in [0.5, 0.6) is 5.75 Å². The number of hydrogen-bond acceptors (Lipinski definition) is 3. The molecule has 1 atom stereocenters. The van der Waals surface area contributed by atoms with Crippen LogP contribution in [0, 0.1) is 0 Å². The summed E-state index contributed by atoms with van der Waals surface area (Å²) in [6, 6.07) is 7.32. The Bertz CT molecular complexity index is 456. The van der Waals surface area contributed by atoms with Gasteiger partial charge in [-0.3, -0.25) is 4.79 Å². The van der Waals surface area contributed by atoms with Gasteiger partial charge < -0.3 is 4.74 Å². The summed E-state index contributed by atoms with van der Waals surface area (Å²) in [4.78, 5) is 11.8. The van der Waals surface area contributed by atoms with Gasteiger partial charge in [0, 0.05) is 0 Å². The molecule has 1 N–H and O–H groups in total. The second kappa shape index (κ2) is 3.90. The molecule has 0 bridgehead atoms. The zero-order valence-corrected chi connectivity index (χ0v) is 10.5. The Morgan fingerprint density at radius 1 is 1.38 bits per heavy atom. The van der Waals surface area contributed by atoms with Crippen LogP contribution in [0.3, 0.4) is 0 Å². The Morgan fingerprint density at radius 3 is 2.44 bits per heavy atom. The maximum atomic E-state index is 11.8. The van der Waals surface area contributed by atoms with Gasteiger partial charge in [-0.25, -0.2) is 5.43 Å². The van der Waals surface area contributed by atoms with Crippen molar-refractivity contribution in [2.24, 2.45) is 5.10 Å². The van der Waals surface area contributed by atoms with E-state index in [0.29, 0.717) is 5.71 Å². The van der Waals surface area contributed by atoms with Crippen LogP contribution in [-0.2, 0) is 9.12 Å². The number of nitrogens with one attached hydrogen (secondary N) is 1. The summed E-state index contributed by atoms with van der Waals surface area (Å²) in [6.45, 7) is 1.80. The molecule has 1 aliphatic rings. The molecule has 4 nitrogen and oxygen atoms in total. The SMILES string of the molecule is COc1ccc([C@]2(Br)C(=O)NN=C2C)cc1. The Hall–Kier alpha value is -1.36. The van der Waals surface area contributed by atoms with Crippen LogP contribution in [-0.4, -0.2) is 18.7 Å². The average Bonchev–Trinajstić information content (AvgIpc) is 2.58. The molecule has 1 amide bonds. The number of carbonyl (C=O) groups is 1. The minimum absolute atomic E-state index is 0.171. The number of nitrogens with zero attached hydrogens (tertiary/aromatic N) is 1.